The van der Waals surface area contributed by atoms with Crippen LogP contribution in [0, 0.1) is 10.8 Å². The standard InChI is InChI=1S/C10H18O2/c1-6-10(5,8(11)12)7-9(2,3)4/h6H,1,7H2,2-5H3,(H,11,12)/t10-/m1/s1. The van der Waals surface area contributed by atoms with Crippen LogP contribution in [0.1, 0.15) is 34.1 Å². The Morgan fingerprint density at radius 2 is 1.83 bits per heavy atom. The Morgan fingerprint density at radius 1 is 1.42 bits per heavy atom. The summed E-state index contributed by atoms with van der Waals surface area (Å²) in [4.78, 5) is 10.9. The molecule has 0 saturated heterocycles. The summed E-state index contributed by atoms with van der Waals surface area (Å²) in [6.07, 6.45) is 2.12. The molecule has 0 aromatic carbocycles. The van der Waals surface area contributed by atoms with Gasteiger partial charge in [0.05, 0.1) is 5.41 Å². The molecule has 0 aromatic heterocycles. The van der Waals surface area contributed by atoms with Crippen LogP contribution in [-0.4, -0.2) is 11.1 Å². The Bertz CT molecular complexity index is 189. The fraction of sp³-hybridized carbons (Fsp3) is 0.700. The Balaban J connectivity index is 4.57. The Labute approximate surface area is 74.3 Å². The smallest absolute Gasteiger partial charge is 0.313 e. The lowest BCUT2D eigenvalue weighted by atomic mass is 9.75. The van der Waals surface area contributed by atoms with Gasteiger partial charge in [-0.05, 0) is 18.8 Å². The summed E-state index contributed by atoms with van der Waals surface area (Å²) in [5, 5.41) is 8.92. The van der Waals surface area contributed by atoms with Crippen molar-refractivity contribution in [3.8, 4) is 0 Å². The molecule has 1 N–H and O–H groups in total. The first-order chi connectivity index (χ1) is 5.21. The second kappa shape index (κ2) is 3.30. The first-order valence-corrected chi connectivity index (χ1v) is 4.08. The van der Waals surface area contributed by atoms with Crippen LogP contribution < -0.4 is 0 Å². The van der Waals surface area contributed by atoms with Gasteiger partial charge < -0.3 is 5.11 Å². The van der Waals surface area contributed by atoms with Crippen molar-refractivity contribution < 1.29 is 9.90 Å². The molecule has 0 aromatic rings. The van der Waals surface area contributed by atoms with Crippen LogP contribution in [0.5, 0.6) is 0 Å². The van der Waals surface area contributed by atoms with E-state index >= 15 is 0 Å². The van der Waals surface area contributed by atoms with Crippen LogP contribution in [-0.2, 0) is 4.79 Å². The van der Waals surface area contributed by atoms with Crippen LogP contribution in [0.2, 0.25) is 0 Å². The molecule has 0 bridgehead atoms. The molecule has 1 atom stereocenters. The van der Waals surface area contributed by atoms with Crippen molar-refractivity contribution in [3.05, 3.63) is 12.7 Å². The van der Waals surface area contributed by atoms with Crippen LogP contribution in [0.4, 0.5) is 0 Å². The summed E-state index contributed by atoms with van der Waals surface area (Å²) >= 11 is 0. The van der Waals surface area contributed by atoms with E-state index in [1.165, 1.54) is 6.08 Å². The maximum absolute atomic E-state index is 10.9. The first kappa shape index (κ1) is 11.2. The Hall–Kier alpha value is -0.790. The SMILES string of the molecule is C=C[C@](C)(CC(C)(C)C)C(=O)O. The molecular weight excluding hydrogens is 152 g/mol. The van der Waals surface area contributed by atoms with Crippen molar-refractivity contribution in [1.82, 2.24) is 0 Å². The lowest BCUT2D eigenvalue weighted by Gasteiger charge is -2.29. The van der Waals surface area contributed by atoms with Gasteiger partial charge in [-0.15, -0.1) is 6.58 Å². The zero-order valence-electron chi connectivity index (χ0n) is 8.35. The lowest BCUT2D eigenvalue weighted by molar-refractivity contribution is -0.146. The molecule has 0 saturated carbocycles. The fourth-order valence-corrected chi connectivity index (χ4v) is 1.34. The maximum Gasteiger partial charge on any atom is 0.313 e. The van der Waals surface area contributed by atoms with Gasteiger partial charge in [-0.1, -0.05) is 26.8 Å². The van der Waals surface area contributed by atoms with Gasteiger partial charge in [0.25, 0.3) is 0 Å². The number of carboxylic acid groups (broad SMARTS) is 1. The third kappa shape index (κ3) is 3.07. The van der Waals surface area contributed by atoms with E-state index in [4.69, 9.17) is 5.11 Å². The Morgan fingerprint density at radius 3 is 1.92 bits per heavy atom. The first-order valence-electron chi connectivity index (χ1n) is 4.08. The Kier molecular flexibility index (Phi) is 3.08. The van der Waals surface area contributed by atoms with Gasteiger partial charge in [0.1, 0.15) is 0 Å². The van der Waals surface area contributed by atoms with Crippen molar-refractivity contribution in [1.29, 1.82) is 0 Å². The summed E-state index contributed by atoms with van der Waals surface area (Å²) < 4.78 is 0. The minimum Gasteiger partial charge on any atom is -0.481 e. The summed E-state index contributed by atoms with van der Waals surface area (Å²) in [7, 11) is 0. The van der Waals surface area contributed by atoms with Gasteiger partial charge >= 0.3 is 5.97 Å². The highest BCUT2D eigenvalue weighted by Crippen LogP contribution is 2.34. The van der Waals surface area contributed by atoms with Gasteiger partial charge in [-0.3, -0.25) is 4.79 Å². The summed E-state index contributed by atoms with van der Waals surface area (Å²) in [6, 6.07) is 0. The highest BCUT2D eigenvalue weighted by molar-refractivity contribution is 5.76. The highest BCUT2D eigenvalue weighted by atomic mass is 16.4. The van der Waals surface area contributed by atoms with Crippen molar-refractivity contribution in [2.24, 2.45) is 10.8 Å². The molecule has 0 unspecified atom stereocenters. The van der Waals surface area contributed by atoms with Gasteiger partial charge in [-0.2, -0.15) is 0 Å². The second-order valence-corrected chi connectivity index (χ2v) is 4.66. The molecule has 12 heavy (non-hydrogen) atoms. The van der Waals surface area contributed by atoms with E-state index in [-0.39, 0.29) is 5.41 Å². The van der Waals surface area contributed by atoms with Gasteiger partial charge in [0.2, 0.25) is 0 Å². The molecule has 0 spiro atoms. The van der Waals surface area contributed by atoms with Crippen molar-refractivity contribution in [3.63, 3.8) is 0 Å². The lowest BCUT2D eigenvalue weighted by Crippen LogP contribution is -2.30. The van der Waals surface area contributed by atoms with Crippen molar-refractivity contribution in [2.45, 2.75) is 34.1 Å². The predicted molar refractivity (Wildman–Crippen MR) is 50.0 cm³/mol. The molecule has 0 aliphatic rings. The molecule has 0 fully saturated rings. The van der Waals surface area contributed by atoms with E-state index in [0.717, 1.165) is 0 Å². The number of hydrogen-bond acceptors (Lipinski definition) is 1. The van der Waals surface area contributed by atoms with E-state index < -0.39 is 11.4 Å². The average Bonchev–Trinajstić information content (AvgIpc) is 1.83. The predicted octanol–water partition coefficient (Wildman–Crippen LogP) is 2.70. The van der Waals surface area contributed by atoms with Crippen LogP contribution >= 0.6 is 0 Å². The van der Waals surface area contributed by atoms with E-state index in [1.807, 2.05) is 20.8 Å². The third-order valence-corrected chi connectivity index (χ3v) is 1.84. The molecule has 2 heteroatoms. The molecule has 0 radical (unpaired) electrons. The molecule has 2 nitrogen and oxygen atoms in total. The third-order valence-electron chi connectivity index (χ3n) is 1.84. The zero-order valence-corrected chi connectivity index (χ0v) is 8.35. The van der Waals surface area contributed by atoms with Gasteiger partial charge in [-0.25, -0.2) is 0 Å². The van der Waals surface area contributed by atoms with E-state index in [2.05, 4.69) is 6.58 Å². The minimum atomic E-state index is -0.799. The van der Waals surface area contributed by atoms with Gasteiger partial charge in [0.15, 0.2) is 0 Å². The average molecular weight is 170 g/mol. The monoisotopic (exact) mass is 170 g/mol. The van der Waals surface area contributed by atoms with E-state index in [9.17, 15) is 4.79 Å². The molecule has 0 rings (SSSR count). The fourth-order valence-electron chi connectivity index (χ4n) is 1.34. The zero-order chi connectivity index (χ0) is 9.99. The summed E-state index contributed by atoms with van der Waals surface area (Å²) in [5.74, 6) is -0.799. The molecular formula is C10H18O2. The molecule has 70 valence electrons. The summed E-state index contributed by atoms with van der Waals surface area (Å²) in [5.41, 5.74) is -0.778. The van der Waals surface area contributed by atoms with Crippen molar-refractivity contribution >= 4 is 5.97 Å². The largest absolute Gasteiger partial charge is 0.481 e. The quantitative estimate of drug-likeness (QED) is 0.661. The summed E-state index contributed by atoms with van der Waals surface area (Å²) in [6.45, 7) is 11.3. The second-order valence-electron chi connectivity index (χ2n) is 4.66. The highest BCUT2D eigenvalue weighted by Gasteiger charge is 2.33. The van der Waals surface area contributed by atoms with Gasteiger partial charge in [0, 0.05) is 0 Å². The van der Waals surface area contributed by atoms with Crippen molar-refractivity contribution in [2.75, 3.05) is 0 Å². The molecule has 0 amide bonds. The molecule has 0 aliphatic carbocycles. The number of aliphatic carboxylic acids is 1. The normalized spacial score (nSPS) is 16.7. The maximum atomic E-state index is 10.9. The van der Waals surface area contributed by atoms with Crippen LogP contribution in [0.15, 0.2) is 12.7 Å². The van der Waals surface area contributed by atoms with Crippen LogP contribution in [0.3, 0.4) is 0 Å². The minimum absolute atomic E-state index is 0.0152. The van der Waals surface area contributed by atoms with E-state index in [1.54, 1.807) is 6.92 Å². The van der Waals surface area contributed by atoms with Crippen LogP contribution in [0.25, 0.3) is 0 Å². The number of carboxylic acids is 1. The number of carbonyl (C=O) groups is 1. The number of rotatable bonds is 3. The molecule has 0 heterocycles. The topological polar surface area (TPSA) is 37.3 Å². The van der Waals surface area contributed by atoms with E-state index in [0.29, 0.717) is 6.42 Å². The molecule has 0 aliphatic heterocycles. The number of hydrogen-bond donors (Lipinski definition) is 1.